The van der Waals surface area contributed by atoms with Crippen LogP contribution in [-0.2, 0) is 17.6 Å². The molecule has 20 heavy (non-hydrogen) atoms. The first-order valence-electron chi connectivity index (χ1n) is 6.80. The van der Waals surface area contributed by atoms with Crippen LogP contribution in [0.15, 0.2) is 42.5 Å². The summed E-state index contributed by atoms with van der Waals surface area (Å²) in [5.74, 6) is 0.991. The average molecular weight is 268 g/mol. The van der Waals surface area contributed by atoms with E-state index in [2.05, 4.69) is 18.2 Å². The molecule has 0 aliphatic heterocycles. The summed E-state index contributed by atoms with van der Waals surface area (Å²) in [7, 11) is 1.63. The Morgan fingerprint density at radius 2 is 1.70 bits per heavy atom. The molecule has 0 amide bonds. The normalized spacial score (nSPS) is 10.3. The molecule has 0 aliphatic carbocycles. The Labute approximate surface area is 120 Å². The van der Waals surface area contributed by atoms with Gasteiger partial charge in [0.25, 0.3) is 0 Å². The van der Waals surface area contributed by atoms with Crippen LogP contribution in [0.5, 0.6) is 5.75 Å². The number of para-hydroxylation sites is 1. The third kappa shape index (κ3) is 3.47. The van der Waals surface area contributed by atoms with E-state index in [4.69, 9.17) is 4.74 Å². The van der Waals surface area contributed by atoms with Gasteiger partial charge in [0.05, 0.1) is 7.11 Å². The van der Waals surface area contributed by atoms with Gasteiger partial charge in [0, 0.05) is 18.4 Å². The lowest BCUT2D eigenvalue weighted by Gasteiger charge is -2.09. The number of benzene rings is 2. The number of carbonyl (C=O) groups is 1. The van der Waals surface area contributed by atoms with Crippen molar-refractivity contribution in [2.75, 3.05) is 7.11 Å². The number of hydrogen-bond donors (Lipinski definition) is 0. The molecule has 0 N–H and O–H groups in total. The van der Waals surface area contributed by atoms with Crippen LogP contribution >= 0.6 is 0 Å². The average Bonchev–Trinajstić information content (AvgIpc) is 2.43. The van der Waals surface area contributed by atoms with Crippen molar-refractivity contribution in [1.29, 1.82) is 0 Å². The molecule has 0 heterocycles. The van der Waals surface area contributed by atoms with Crippen LogP contribution in [0.3, 0.4) is 0 Å². The molecule has 2 rings (SSSR count). The van der Waals surface area contributed by atoms with Gasteiger partial charge in [0.15, 0.2) is 0 Å². The third-order valence-corrected chi connectivity index (χ3v) is 3.47. The van der Waals surface area contributed by atoms with Crippen LogP contribution in [0.25, 0.3) is 0 Å². The Bertz CT molecular complexity index is 615. The van der Waals surface area contributed by atoms with Crippen LogP contribution in [0.4, 0.5) is 0 Å². The summed E-state index contributed by atoms with van der Waals surface area (Å²) in [6.07, 6.45) is 0.892. The van der Waals surface area contributed by atoms with Gasteiger partial charge in [0.1, 0.15) is 11.5 Å². The standard InChI is InChI=1S/C18H20O2/c1-13-8-9-14(2)16(10-13)12-17(19)11-15-6-4-5-7-18(15)20-3/h4-10H,11-12H2,1-3H3. The Morgan fingerprint density at radius 1 is 1.00 bits per heavy atom. The predicted molar refractivity (Wildman–Crippen MR) is 81.3 cm³/mol. The monoisotopic (exact) mass is 268 g/mol. The van der Waals surface area contributed by atoms with Crippen molar-refractivity contribution < 1.29 is 9.53 Å². The first kappa shape index (κ1) is 14.3. The van der Waals surface area contributed by atoms with E-state index in [0.717, 1.165) is 16.9 Å². The van der Waals surface area contributed by atoms with E-state index in [9.17, 15) is 4.79 Å². The fourth-order valence-electron chi connectivity index (χ4n) is 2.33. The second-order valence-electron chi connectivity index (χ2n) is 5.13. The first-order chi connectivity index (χ1) is 9.60. The number of rotatable bonds is 5. The molecular weight excluding hydrogens is 248 g/mol. The van der Waals surface area contributed by atoms with Crippen molar-refractivity contribution in [1.82, 2.24) is 0 Å². The predicted octanol–water partition coefficient (Wildman–Crippen LogP) is 3.67. The number of ketones is 1. The van der Waals surface area contributed by atoms with Gasteiger partial charge in [-0.25, -0.2) is 0 Å². The van der Waals surface area contributed by atoms with E-state index in [0.29, 0.717) is 12.8 Å². The van der Waals surface area contributed by atoms with Crippen LogP contribution in [0, 0.1) is 13.8 Å². The fraction of sp³-hybridized carbons (Fsp3) is 0.278. The summed E-state index contributed by atoms with van der Waals surface area (Å²) in [6, 6.07) is 13.9. The highest BCUT2D eigenvalue weighted by molar-refractivity contribution is 5.84. The van der Waals surface area contributed by atoms with Crippen LogP contribution < -0.4 is 4.74 Å². The zero-order chi connectivity index (χ0) is 14.5. The smallest absolute Gasteiger partial charge is 0.141 e. The minimum Gasteiger partial charge on any atom is -0.496 e. The SMILES string of the molecule is COc1ccccc1CC(=O)Cc1cc(C)ccc1C. The fourth-order valence-corrected chi connectivity index (χ4v) is 2.33. The van der Waals surface area contributed by atoms with E-state index in [-0.39, 0.29) is 5.78 Å². The van der Waals surface area contributed by atoms with Crippen molar-refractivity contribution in [2.24, 2.45) is 0 Å². The summed E-state index contributed by atoms with van der Waals surface area (Å²) in [5.41, 5.74) is 4.43. The maximum absolute atomic E-state index is 12.3. The van der Waals surface area contributed by atoms with E-state index < -0.39 is 0 Å². The highest BCUT2D eigenvalue weighted by Crippen LogP contribution is 2.19. The molecule has 0 fully saturated rings. The van der Waals surface area contributed by atoms with Crippen LogP contribution in [0.2, 0.25) is 0 Å². The lowest BCUT2D eigenvalue weighted by atomic mass is 9.97. The third-order valence-electron chi connectivity index (χ3n) is 3.47. The quantitative estimate of drug-likeness (QED) is 0.827. The molecule has 104 valence electrons. The molecule has 2 nitrogen and oxygen atoms in total. The van der Waals surface area contributed by atoms with Crippen LogP contribution in [0.1, 0.15) is 22.3 Å². The number of Topliss-reactive ketones (excluding diaryl/α,β-unsaturated/α-hetero) is 1. The van der Waals surface area contributed by atoms with Gasteiger partial charge in [-0.05, 0) is 31.0 Å². The van der Waals surface area contributed by atoms with Gasteiger partial charge in [0.2, 0.25) is 0 Å². The maximum Gasteiger partial charge on any atom is 0.141 e. The lowest BCUT2D eigenvalue weighted by Crippen LogP contribution is -2.08. The zero-order valence-electron chi connectivity index (χ0n) is 12.3. The molecule has 0 radical (unpaired) electrons. The minimum atomic E-state index is 0.211. The summed E-state index contributed by atoms with van der Waals surface area (Å²) < 4.78 is 5.29. The molecule has 2 aromatic carbocycles. The second kappa shape index (κ2) is 6.38. The molecule has 0 unspecified atom stereocenters. The largest absolute Gasteiger partial charge is 0.496 e. The Hall–Kier alpha value is -2.09. The highest BCUT2D eigenvalue weighted by atomic mass is 16.5. The second-order valence-corrected chi connectivity index (χ2v) is 5.13. The van der Waals surface area contributed by atoms with Gasteiger partial charge in [-0.15, -0.1) is 0 Å². The summed E-state index contributed by atoms with van der Waals surface area (Å²) >= 11 is 0. The molecule has 0 aromatic heterocycles. The summed E-state index contributed by atoms with van der Waals surface area (Å²) in [5, 5.41) is 0. The van der Waals surface area contributed by atoms with Crippen molar-refractivity contribution in [3.8, 4) is 5.75 Å². The van der Waals surface area contributed by atoms with Crippen LogP contribution in [-0.4, -0.2) is 12.9 Å². The van der Waals surface area contributed by atoms with Crippen molar-refractivity contribution >= 4 is 5.78 Å². The van der Waals surface area contributed by atoms with E-state index in [1.165, 1.54) is 11.1 Å². The number of carbonyl (C=O) groups excluding carboxylic acids is 1. The highest BCUT2D eigenvalue weighted by Gasteiger charge is 2.10. The van der Waals surface area contributed by atoms with E-state index in [1.807, 2.05) is 38.1 Å². The van der Waals surface area contributed by atoms with Crippen molar-refractivity contribution in [3.63, 3.8) is 0 Å². The van der Waals surface area contributed by atoms with Gasteiger partial charge in [-0.2, -0.15) is 0 Å². The minimum absolute atomic E-state index is 0.211. The molecule has 2 aromatic rings. The number of methoxy groups -OCH3 is 1. The molecule has 0 spiro atoms. The Kier molecular flexibility index (Phi) is 4.57. The Balaban J connectivity index is 2.11. The topological polar surface area (TPSA) is 26.3 Å². The maximum atomic E-state index is 12.3. The number of aryl methyl sites for hydroxylation is 2. The van der Waals surface area contributed by atoms with Crippen molar-refractivity contribution in [2.45, 2.75) is 26.7 Å². The lowest BCUT2D eigenvalue weighted by molar-refractivity contribution is -0.117. The molecular formula is C18H20O2. The molecule has 0 saturated heterocycles. The zero-order valence-corrected chi connectivity index (χ0v) is 12.3. The van der Waals surface area contributed by atoms with Crippen molar-refractivity contribution in [3.05, 3.63) is 64.7 Å². The summed E-state index contributed by atoms with van der Waals surface area (Å²) in [6.45, 7) is 4.10. The van der Waals surface area contributed by atoms with E-state index >= 15 is 0 Å². The Morgan fingerprint density at radius 3 is 2.45 bits per heavy atom. The molecule has 0 bridgehead atoms. The number of hydrogen-bond acceptors (Lipinski definition) is 2. The van der Waals surface area contributed by atoms with Gasteiger partial charge in [-0.3, -0.25) is 4.79 Å². The number of ether oxygens (including phenoxy) is 1. The summed E-state index contributed by atoms with van der Waals surface area (Å²) in [4.78, 5) is 12.3. The molecule has 0 aliphatic rings. The van der Waals surface area contributed by atoms with E-state index in [1.54, 1.807) is 7.11 Å². The van der Waals surface area contributed by atoms with Gasteiger partial charge >= 0.3 is 0 Å². The van der Waals surface area contributed by atoms with Gasteiger partial charge < -0.3 is 4.74 Å². The molecule has 0 saturated carbocycles. The first-order valence-corrected chi connectivity index (χ1v) is 6.80. The molecule has 0 atom stereocenters. The molecule has 2 heteroatoms. The van der Waals surface area contributed by atoms with Gasteiger partial charge in [-0.1, -0.05) is 42.0 Å².